The number of aliphatic hydroxyl groups excluding tert-OH is 1. The lowest BCUT2D eigenvalue weighted by Crippen LogP contribution is -2.50. The number of benzene rings is 1. The molecule has 2 aromatic rings. The van der Waals surface area contributed by atoms with Crippen molar-refractivity contribution in [1.82, 2.24) is 0 Å². The molecule has 16 heavy (non-hydrogen) atoms. The summed E-state index contributed by atoms with van der Waals surface area (Å²) in [5, 5.41) is 10.7. The SMILES string of the molecule is Cc1oc2ccccc2c1C1(CO)COC1. The van der Waals surface area contributed by atoms with Crippen LogP contribution in [0.3, 0.4) is 0 Å². The quantitative estimate of drug-likeness (QED) is 0.838. The molecule has 1 aromatic carbocycles. The van der Waals surface area contributed by atoms with Gasteiger partial charge in [0.05, 0.1) is 25.2 Å². The van der Waals surface area contributed by atoms with Crippen LogP contribution in [-0.4, -0.2) is 24.9 Å². The van der Waals surface area contributed by atoms with Crippen LogP contribution in [0, 0.1) is 6.92 Å². The molecule has 3 heteroatoms. The molecular formula is C13H14O3. The van der Waals surface area contributed by atoms with Gasteiger partial charge in [0.1, 0.15) is 11.3 Å². The van der Waals surface area contributed by atoms with E-state index in [0.29, 0.717) is 13.2 Å². The second-order valence-electron chi connectivity index (χ2n) is 4.46. The Bertz CT molecular complexity index is 517. The molecule has 0 spiro atoms. The van der Waals surface area contributed by atoms with Crippen LogP contribution < -0.4 is 0 Å². The average molecular weight is 218 g/mol. The molecule has 1 aliphatic rings. The molecule has 0 bridgehead atoms. The van der Waals surface area contributed by atoms with Crippen LogP contribution in [0.2, 0.25) is 0 Å². The van der Waals surface area contributed by atoms with Crippen molar-refractivity contribution in [1.29, 1.82) is 0 Å². The van der Waals surface area contributed by atoms with E-state index in [1.54, 1.807) is 0 Å². The molecule has 1 aliphatic heterocycles. The highest BCUT2D eigenvalue weighted by atomic mass is 16.5. The maximum atomic E-state index is 9.57. The fraction of sp³-hybridized carbons (Fsp3) is 0.385. The number of para-hydroxylation sites is 1. The number of hydrogen-bond donors (Lipinski definition) is 1. The maximum absolute atomic E-state index is 9.57. The van der Waals surface area contributed by atoms with Crippen LogP contribution in [0.5, 0.6) is 0 Å². The van der Waals surface area contributed by atoms with E-state index in [1.807, 2.05) is 31.2 Å². The van der Waals surface area contributed by atoms with Gasteiger partial charge in [-0.15, -0.1) is 0 Å². The topological polar surface area (TPSA) is 42.6 Å². The Balaban J connectivity index is 2.26. The first-order valence-corrected chi connectivity index (χ1v) is 5.44. The predicted molar refractivity (Wildman–Crippen MR) is 60.5 cm³/mol. The summed E-state index contributed by atoms with van der Waals surface area (Å²) in [4.78, 5) is 0. The minimum atomic E-state index is -0.253. The van der Waals surface area contributed by atoms with Gasteiger partial charge in [-0.25, -0.2) is 0 Å². The van der Waals surface area contributed by atoms with Crippen molar-refractivity contribution in [2.75, 3.05) is 19.8 Å². The summed E-state index contributed by atoms with van der Waals surface area (Å²) in [7, 11) is 0. The molecular weight excluding hydrogens is 204 g/mol. The first-order valence-electron chi connectivity index (χ1n) is 5.44. The lowest BCUT2D eigenvalue weighted by molar-refractivity contribution is -0.0841. The molecule has 84 valence electrons. The Morgan fingerprint density at radius 1 is 1.31 bits per heavy atom. The van der Waals surface area contributed by atoms with Crippen molar-refractivity contribution in [3.05, 3.63) is 35.6 Å². The lowest BCUT2D eigenvalue weighted by atomic mass is 9.78. The average Bonchev–Trinajstić information content (AvgIpc) is 2.56. The third-order valence-electron chi connectivity index (χ3n) is 3.36. The van der Waals surface area contributed by atoms with Gasteiger partial charge in [-0.2, -0.15) is 0 Å². The van der Waals surface area contributed by atoms with Gasteiger partial charge >= 0.3 is 0 Å². The molecule has 0 aliphatic carbocycles. The van der Waals surface area contributed by atoms with E-state index < -0.39 is 0 Å². The Morgan fingerprint density at radius 3 is 2.69 bits per heavy atom. The summed E-state index contributed by atoms with van der Waals surface area (Å²) in [6.45, 7) is 3.21. The molecule has 0 atom stereocenters. The zero-order chi connectivity index (χ0) is 11.2. The number of rotatable bonds is 2. The number of aliphatic hydroxyl groups is 1. The first-order chi connectivity index (χ1) is 7.77. The zero-order valence-corrected chi connectivity index (χ0v) is 9.19. The summed E-state index contributed by atoms with van der Waals surface area (Å²) in [5.41, 5.74) is 1.74. The minimum absolute atomic E-state index is 0.108. The van der Waals surface area contributed by atoms with Crippen molar-refractivity contribution < 1.29 is 14.3 Å². The molecule has 3 nitrogen and oxygen atoms in total. The highest BCUT2D eigenvalue weighted by Gasteiger charge is 2.43. The number of aryl methyl sites for hydroxylation is 1. The standard InChI is InChI=1S/C13H14O3/c1-9-12(13(6-14)7-15-8-13)10-4-2-3-5-11(10)16-9/h2-5,14H,6-8H2,1H3. The molecule has 3 rings (SSSR count). The van der Waals surface area contributed by atoms with E-state index in [4.69, 9.17) is 9.15 Å². The summed E-state index contributed by atoms with van der Waals surface area (Å²) < 4.78 is 11.0. The largest absolute Gasteiger partial charge is 0.461 e. The Hall–Kier alpha value is -1.32. The molecule has 1 fully saturated rings. The number of hydrogen-bond acceptors (Lipinski definition) is 3. The van der Waals surface area contributed by atoms with Gasteiger partial charge in [0, 0.05) is 10.9 Å². The molecule has 0 unspecified atom stereocenters. The maximum Gasteiger partial charge on any atom is 0.134 e. The van der Waals surface area contributed by atoms with E-state index in [0.717, 1.165) is 22.3 Å². The number of ether oxygens (including phenoxy) is 1. The number of fused-ring (bicyclic) bond motifs is 1. The van der Waals surface area contributed by atoms with E-state index in [2.05, 4.69) is 0 Å². The van der Waals surface area contributed by atoms with Gasteiger partial charge < -0.3 is 14.3 Å². The van der Waals surface area contributed by atoms with Gasteiger partial charge in [0.25, 0.3) is 0 Å². The van der Waals surface area contributed by atoms with Crippen molar-refractivity contribution in [3.63, 3.8) is 0 Å². The second-order valence-corrected chi connectivity index (χ2v) is 4.46. The van der Waals surface area contributed by atoms with Crippen LogP contribution in [-0.2, 0) is 10.2 Å². The van der Waals surface area contributed by atoms with Crippen molar-refractivity contribution in [2.45, 2.75) is 12.3 Å². The van der Waals surface area contributed by atoms with E-state index >= 15 is 0 Å². The van der Waals surface area contributed by atoms with Crippen LogP contribution >= 0.6 is 0 Å². The highest BCUT2D eigenvalue weighted by molar-refractivity contribution is 5.83. The molecule has 1 aromatic heterocycles. The third kappa shape index (κ3) is 1.16. The van der Waals surface area contributed by atoms with Crippen molar-refractivity contribution in [3.8, 4) is 0 Å². The van der Waals surface area contributed by atoms with Crippen molar-refractivity contribution >= 4 is 11.0 Å². The van der Waals surface area contributed by atoms with Crippen LogP contribution in [0.4, 0.5) is 0 Å². The monoisotopic (exact) mass is 218 g/mol. The third-order valence-corrected chi connectivity index (χ3v) is 3.36. The molecule has 0 amide bonds. The van der Waals surface area contributed by atoms with E-state index in [-0.39, 0.29) is 12.0 Å². The molecule has 0 radical (unpaired) electrons. The molecule has 0 saturated carbocycles. The Morgan fingerprint density at radius 2 is 2.06 bits per heavy atom. The Labute approximate surface area is 93.6 Å². The summed E-state index contributed by atoms with van der Waals surface area (Å²) >= 11 is 0. The van der Waals surface area contributed by atoms with Gasteiger partial charge in [0.2, 0.25) is 0 Å². The summed E-state index contributed by atoms with van der Waals surface area (Å²) in [6, 6.07) is 7.94. The van der Waals surface area contributed by atoms with Gasteiger partial charge in [0.15, 0.2) is 0 Å². The normalized spacial score (nSPS) is 18.6. The lowest BCUT2D eigenvalue weighted by Gasteiger charge is -2.40. The smallest absolute Gasteiger partial charge is 0.134 e. The molecule has 2 heterocycles. The highest BCUT2D eigenvalue weighted by Crippen LogP contribution is 2.39. The molecule has 1 N–H and O–H groups in total. The minimum Gasteiger partial charge on any atom is -0.461 e. The van der Waals surface area contributed by atoms with E-state index in [9.17, 15) is 5.11 Å². The predicted octanol–water partition coefficient (Wildman–Crippen LogP) is 2.00. The van der Waals surface area contributed by atoms with Gasteiger partial charge in [-0.05, 0) is 13.0 Å². The van der Waals surface area contributed by atoms with Crippen LogP contribution in [0.25, 0.3) is 11.0 Å². The zero-order valence-electron chi connectivity index (χ0n) is 9.19. The fourth-order valence-corrected chi connectivity index (χ4v) is 2.49. The summed E-state index contributed by atoms with van der Waals surface area (Å²) in [5.74, 6) is 0.888. The van der Waals surface area contributed by atoms with E-state index in [1.165, 1.54) is 0 Å². The molecule has 1 saturated heterocycles. The second kappa shape index (κ2) is 3.34. The van der Waals surface area contributed by atoms with Gasteiger partial charge in [-0.3, -0.25) is 0 Å². The van der Waals surface area contributed by atoms with Crippen LogP contribution in [0.1, 0.15) is 11.3 Å². The first kappa shape index (κ1) is 9.87. The van der Waals surface area contributed by atoms with Crippen molar-refractivity contribution in [2.24, 2.45) is 0 Å². The Kier molecular flexibility index (Phi) is 2.06. The fourth-order valence-electron chi connectivity index (χ4n) is 2.49. The van der Waals surface area contributed by atoms with Crippen LogP contribution in [0.15, 0.2) is 28.7 Å². The number of furan rings is 1. The van der Waals surface area contributed by atoms with Gasteiger partial charge in [-0.1, -0.05) is 18.2 Å². The summed E-state index contributed by atoms with van der Waals surface area (Å²) in [6.07, 6.45) is 0.